The first-order valence-electron chi connectivity index (χ1n) is 5.16. The maximum Gasteiger partial charge on any atom is 0.151 e. The van der Waals surface area contributed by atoms with E-state index in [1.165, 1.54) is 4.88 Å². The Morgan fingerprint density at radius 2 is 2.12 bits per heavy atom. The molecule has 0 amide bonds. The zero-order valence-corrected chi connectivity index (χ0v) is 11.0. The molecule has 0 unspecified atom stereocenters. The fraction of sp³-hybridized carbons (Fsp3) is 0.273. The molecule has 0 aliphatic rings. The first-order chi connectivity index (χ1) is 8.20. The van der Waals surface area contributed by atoms with Crippen molar-refractivity contribution in [1.82, 2.24) is 9.97 Å². The van der Waals surface area contributed by atoms with Gasteiger partial charge in [-0.25, -0.2) is 4.98 Å². The molecule has 0 atom stereocenters. The average molecular weight is 269 g/mol. The van der Waals surface area contributed by atoms with E-state index in [2.05, 4.69) is 9.97 Å². The second-order valence-electron chi connectivity index (χ2n) is 3.59. The van der Waals surface area contributed by atoms with Crippen LogP contribution < -0.4 is 10.6 Å². The lowest BCUT2D eigenvalue weighted by atomic mass is 10.3. The molecule has 0 spiro atoms. The summed E-state index contributed by atoms with van der Waals surface area (Å²) >= 11 is 7.47. The van der Waals surface area contributed by atoms with Crippen LogP contribution in [-0.4, -0.2) is 17.0 Å². The molecule has 0 radical (unpaired) electrons. The second-order valence-corrected chi connectivity index (χ2v) is 5.39. The lowest BCUT2D eigenvalue weighted by Gasteiger charge is -2.18. The Bertz CT molecular complexity index is 500. The van der Waals surface area contributed by atoms with Crippen LogP contribution in [0.15, 0.2) is 24.5 Å². The minimum absolute atomic E-state index is 0.388. The van der Waals surface area contributed by atoms with Gasteiger partial charge in [0.15, 0.2) is 5.82 Å². The predicted molar refractivity (Wildman–Crippen MR) is 71.4 cm³/mol. The van der Waals surface area contributed by atoms with Crippen molar-refractivity contribution in [3.05, 3.63) is 39.4 Å². The number of aromatic nitrogens is 2. The predicted octanol–water partition coefficient (Wildman–Crippen LogP) is 2.29. The topological polar surface area (TPSA) is 55.0 Å². The molecular weight excluding hydrogens is 256 g/mol. The molecule has 0 aromatic carbocycles. The Morgan fingerprint density at radius 1 is 1.35 bits per heavy atom. The molecule has 0 aliphatic heterocycles. The maximum atomic E-state index is 5.90. The number of halogens is 1. The van der Waals surface area contributed by atoms with Crippen LogP contribution in [0, 0.1) is 0 Å². The molecule has 0 saturated heterocycles. The van der Waals surface area contributed by atoms with Crippen molar-refractivity contribution in [3.8, 4) is 0 Å². The van der Waals surface area contributed by atoms with Crippen molar-refractivity contribution in [2.24, 2.45) is 5.73 Å². The Balaban J connectivity index is 2.16. The SMILES string of the molecule is CN(Cc1ccc(Cl)s1)c1nccnc1CN. The normalized spacial score (nSPS) is 10.5. The number of hydrogen-bond acceptors (Lipinski definition) is 5. The van der Waals surface area contributed by atoms with Gasteiger partial charge in [-0.15, -0.1) is 11.3 Å². The largest absolute Gasteiger partial charge is 0.353 e. The van der Waals surface area contributed by atoms with Gasteiger partial charge in [-0.3, -0.25) is 4.98 Å². The van der Waals surface area contributed by atoms with Gasteiger partial charge in [0.1, 0.15) is 0 Å². The summed E-state index contributed by atoms with van der Waals surface area (Å²) in [6.07, 6.45) is 3.33. The van der Waals surface area contributed by atoms with Crippen molar-refractivity contribution in [2.45, 2.75) is 13.1 Å². The Hall–Kier alpha value is -1.17. The molecule has 2 N–H and O–H groups in total. The highest BCUT2D eigenvalue weighted by molar-refractivity contribution is 7.16. The van der Waals surface area contributed by atoms with E-state index >= 15 is 0 Å². The van der Waals surface area contributed by atoms with Crippen LogP contribution in [0.5, 0.6) is 0 Å². The van der Waals surface area contributed by atoms with Crippen molar-refractivity contribution in [1.29, 1.82) is 0 Å². The number of thiophene rings is 1. The average Bonchev–Trinajstić information content (AvgIpc) is 2.74. The third-order valence-electron chi connectivity index (χ3n) is 2.33. The minimum Gasteiger partial charge on any atom is -0.353 e. The molecule has 2 aromatic rings. The van der Waals surface area contributed by atoms with E-state index in [-0.39, 0.29) is 0 Å². The standard InChI is InChI=1S/C11H13ClN4S/c1-16(7-8-2-3-10(12)17-8)11-9(6-13)14-4-5-15-11/h2-5H,6-7,13H2,1H3. The Kier molecular flexibility index (Phi) is 3.93. The van der Waals surface area contributed by atoms with Crippen LogP contribution in [0.4, 0.5) is 5.82 Å². The summed E-state index contributed by atoms with van der Waals surface area (Å²) in [6.45, 7) is 1.14. The summed E-state index contributed by atoms with van der Waals surface area (Å²) in [5.74, 6) is 0.819. The summed E-state index contributed by atoms with van der Waals surface area (Å²) in [5.41, 5.74) is 6.44. The van der Waals surface area contributed by atoms with Crippen LogP contribution >= 0.6 is 22.9 Å². The fourth-order valence-corrected chi connectivity index (χ4v) is 2.71. The smallest absolute Gasteiger partial charge is 0.151 e. The van der Waals surface area contributed by atoms with Crippen molar-refractivity contribution in [3.63, 3.8) is 0 Å². The van der Waals surface area contributed by atoms with Crippen LogP contribution in [0.3, 0.4) is 0 Å². The molecule has 90 valence electrons. The van der Waals surface area contributed by atoms with Crippen molar-refractivity contribution >= 4 is 28.8 Å². The zero-order chi connectivity index (χ0) is 12.3. The highest BCUT2D eigenvalue weighted by atomic mass is 35.5. The van der Waals surface area contributed by atoms with Gasteiger partial charge in [0.2, 0.25) is 0 Å². The first kappa shape index (κ1) is 12.3. The summed E-state index contributed by atoms with van der Waals surface area (Å²) in [5, 5.41) is 0. The summed E-state index contributed by atoms with van der Waals surface area (Å²) < 4.78 is 0.798. The molecule has 2 rings (SSSR count). The van der Waals surface area contributed by atoms with E-state index in [0.717, 1.165) is 22.4 Å². The lowest BCUT2D eigenvalue weighted by molar-refractivity contribution is 0.861. The number of nitrogens with two attached hydrogens (primary N) is 1. The van der Waals surface area contributed by atoms with Crippen LogP contribution in [-0.2, 0) is 13.1 Å². The molecule has 0 bridgehead atoms. The van der Waals surface area contributed by atoms with Gasteiger partial charge in [-0.1, -0.05) is 11.6 Å². The van der Waals surface area contributed by atoms with Gasteiger partial charge in [-0.05, 0) is 12.1 Å². The number of nitrogens with zero attached hydrogens (tertiary/aromatic N) is 3. The quantitative estimate of drug-likeness (QED) is 0.924. The zero-order valence-electron chi connectivity index (χ0n) is 9.43. The Morgan fingerprint density at radius 3 is 2.76 bits per heavy atom. The van der Waals surface area contributed by atoms with Gasteiger partial charge in [0.05, 0.1) is 16.6 Å². The van der Waals surface area contributed by atoms with E-state index in [1.807, 2.05) is 24.1 Å². The van der Waals surface area contributed by atoms with Gasteiger partial charge in [0.25, 0.3) is 0 Å². The van der Waals surface area contributed by atoms with Gasteiger partial charge < -0.3 is 10.6 Å². The van der Waals surface area contributed by atoms with E-state index in [1.54, 1.807) is 23.7 Å². The van der Waals surface area contributed by atoms with E-state index in [9.17, 15) is 0 Å². The molecule has 0 aliphatic carbocycles. The minimum atomic E-state index is 0.388. The third kappa shape index (κ3) is 2.94. The summed E-state index contributed by atoms with van der Waals surface area (Å²) in [6, 6.07) is 3.91. The van der Waals surface area contributed by atoms with Crippen molar-refractivity contribution in [2.75, 3.05) is 11.9 Å². The molecule has 2 aromatic heterocycles. The lowest BCUT2D eigenvalue weighted by Crippen LogP contribution is -2.20. The Labute approximate surface area is 109 Å². The van der Waals surface area contributed by atoms with Crippen LogP contribution in [0.1, 0.15) is 10.6 Å². The van der Waals surface area contributed by atoms with Crippen molar-refractivity contribution < 1.29 is 0 Å². The maximum absolute atomic E-state index is 5.90. The second kappa shape index (κ2) is 5.44. The molecule has 0 fully saturated rings. The number of rotatable bonds is 4. The van der Waals surface area contributed by atoms with E-state index in [0.29, 0.717) is 6.54 Å². The highest BCUT2D eigenvalue weighted by Crippen LogP contribution is 2.24. The highest BCUT2D eigenvalue weighted by Gasteiger charge is 2.10. The van der Waals surface area contributed by atoms with Gasteiger partial charge in [-0.2, -0.15) is 0 Å². The number of anilines is 1. The molecule has 2 heterocycles. The monoisotopic (exact) mass is 268 g/mol. The van der Waals surface area contributed by atoms with Gasteiger partial charge >= 0.3 is 0 Å². The molecule has 0 saturated carbocycles. The third-order valence-corrected chi connectivity index (χ3v) is 3.54. The number of hydrogen-bond donors (Lipinski definition) is 1. The molecule has 6 heteroatoms. The van der Waals surface area contributed by atoms with E-state index in [4.69, 9.17) is 17.3 Å². The summed E-state index contributed by atoms with van der Waals surface area (Å²) in [7, 11) is 1.97. The first-order valence-corrected chi connectivity index (χ1v) is 6.35. The molecule has 17 heavy (non-hydrogen) atoms. The molecule has 4 nitrogen and oxygen atoms in total. The van der Waals surface area contributed by atoms with Crippen LogP contribution in [0.25, 0.3) is 0 Å². The molecular formula is C11H13ClN4S. The van der Waals surface area contributed by atoms with Crippen LogP contribution in [0.2, 0.25) is 4.34 Å². The van der Waals surface area contributed by atoms with E-state index < -0.39 is 0 Å². The van der Waals surface area contributed by atoms with Gasteiger partial charge in [0, 0.05) is 30.9 Å². The fourth-order valence-electron chi connectivity index (χ4n) is 1.57. The summed E-state index contributed by atoms with van der Waals surface area (Å²) in [4.78, 5) is 11.7.